The number of carbonyl (C=O) groups excluding carboxylic acids is 1. The molecule has 0 aromatic carbocycles. The molecule has 1 unspecified atom stereocenters. The van der Waals surface area contributed by atoms with E-state index in [9.17, 15) is 4.79 Å². The van der Waals surface area contributed by atoms with Gasteiger partial charge in [0.15, 0.2) is 0 Å². The highest BCUT2D eigenvalue weighted by Gasteiger charge is 2.26. The fourth-order valence-corrected chi connectivity index (χ4v) is 1.38. The van der Waals surface area contributed by atoms with Crippen LogP contribution in [0.3, 0.4) is 0 Å². The van der Waals surface area contributed by atoms with Crippen molar-refractivity contribution in [3.8, 4) is 0 Å². The number of rotatable bonds is 0. The third kappa shape index (κ3) is 1.15. The molecule has 0 N–H and O–H groups in total. The van der Waals surface area contributed by atoms with Crippen molar-refractivity contribution in [3.05, 3.63) is 0 Å². The molecule has 0 aliphatic carbocycles. The smallest absolute Gasteiger partial charge is 0.222 e. The average molecular weight is 141 g/mol. The van der Waals surface area contributed by atoms with Gasteiger partial charge in [0.2, 0.25) is 5.91 Å². The predicted molar refractivity (Wildman–Crippen MR) is 40.6 cm³/mol. The first-order valence-electron chi connectivity index (χ1n) is 3.88. The molecular weight excluding hydrogens is 126 g/mol. The number of amides is 1. The summed E-state index contributed by atoms with van der Waals surface area (Å²) in [5.74, 6) is 0.966. The second-order valence-corrected chi connectivity index (χ2v) is 3.26. The molecule has 1 aliphatic heterocycles. The largest absolute Gasteiger partial charge is 0.343 e. The van der Waals surface area contributed by atoms with Crippen molar-refractivity contribution in [2.24, 2.45) is 5.92 Å². The van der Waals surface area contributed by atoms with E-state index in [0.717, 1.165) is 12.8 Å². The van der Waals surface area contributed by atoms with E-state index in [4.69, 9.17) is 0 Å². The third-order valence-corrected chi connectivity index (χ3v) is 2.64. The number of likely N-dealkylation sites (tertiary alicyclic amines) is 1. The molecule has 1 heterocycles. The Morgan fingerprint density at radius 2 is 2.10 bits per heavy atom. The second kappa shape index (κ2) is 2.60. The Hall–Kier alpha value is -0.530. The summed E-state index contributed by atoms with van der Waals surface area (Å²) in [6.07, 6.45) is 1.80. The molecule has 2 nitrogen and oxygen atoms in total. The van der Waals surface area contributed by atoms with Crippen LogP contribution in [0.2, 0.25) is 0 Å². The summed E-state index contributed by atoms with van der Waals surface area (Å²) < 4.78 is 0. The van der Waals surface area contributed by atoms with Gasteiger partial charge in [0.05, 0.1) is 0 Å². The highest BCUT2D eigenvalue weighted by atomic mass is 16.2. The van der Waals surface area contributed by atoms with Crippen LogP contribution in [0.4, 0.5) is 0 Å². The second-order valence-electron chi connectivity index (χ2n) is 3.26. The molecule has 0 aromatic heterocycles. The Balaban J connectivity index is 2.60. The van der Waals surface area contributed by atoms with Crippen molar-refractivity contribution in [1.29, 1.82) is 0 Å². The standard InChI is InChI=1S/C8H15NO/c1-6-4-5-8(10)9(3)7(6)2/h6-7H,4-5H2,1-3H3/t6-,7?/m0/s1. The van der Waals surface area contributed by atoms with Crippen LogP contribution in [0.5, 0.6) is 0 Å². The predicted octanol–water partition coefficient (Wildman–Crippen LogP) is 1.26. The van der Waals surface area contributed by atoms with Crippen LogP contribution in [0, 0.1) is 5.92 Å². The Morgan fingerprint density at radius 1 is 1.50 bits per heavy atom. The van der Waals surface area contributed by atoms with E-state index in [1.165, 1.54) is 0 Å². The maximum Gasteiger partial charge on any atom is 0.222 e. The van der Waals surface area contributed by atoms with Crippen LogP contribution in [-0.2, 0) is 4.79 Å². The zero-order chi connectivity index (χ0) is 7.72. The lowest BCUT2D eigenvalue weighted by molar-refractivity contribution is -0.135. The molecule has 0 saturated carbocycles. The Labute approximate surface area is 62.2 Å². The molecule has 2 heteroatoms. The van der Waals surface area contributed by atoms with Crippen LogP contribution < -0.4 is 0 Å². The van der Waals surface area contributed by atoms with E-state index in [2.05, 4.69) is 13.8 Å². The fourth-order valence-electron chi connectivity index (χ4n) is 1.38. The molecule has 1 fully saturated rings. The quantitative estimate of drug-likeness (QED) is 0.497. The summed E-state index contributed by atoms with van der Waals surface area (Å²) in [5.41, 5.74) is 0. The van der Waals surface area contributed by atoms with Crippen molar-refractivity contribution < 1.29 is 4.79 Å². The Kier molecular flexibility index (Phi) is 1.97. The average Bonchev–Trinajstić information content (AvgIpc) is 1.93. The van der Waals surface area contributed by atoms with E-state index >= 15 is 0 Å². The van der Waals surface area contributed by atoms with Crippen molar-refractivity contribution >= 4 is 5.91 Å². The normalized spacial score (nSPS) is 34.7. The first-order chi connectivity index (χ1) is 4.63. The number of piperidine rings is 1. The summed E-state index contributed by atoms with van der Waals surface area (Å²) in [6.45, 7) is 4.31. The molecule has 0 radical (unpaired) electrons. The van der Waals surface area contributed by atoms with Gasteiger partial charge in [-0.05, 0) is 19.3 Å². The molecule has 0 spiro atoms. The van der Waals surface area contributed by atoms with Gasteiger partial charge < -0.3 is 4.90 Å². The molecule has 0 aromatic rings. The van der Waals surface area contributed by atoms with Crippen LogP contribution in [0.1, 0.15) is 26.7 Å². The van der Waals surface area contributed by atoms with E-state index in [1.54, 1.807) is 0 Å². The maximum absolute atomic E-state index is 11.1. The van der Waals surface area contributed by atoms with Crippen molar-refractivity contribution in [2.75, 3.05) is 7.05 Å². The zero-order valence-corrected chi connectivity index (χ0v) is 6.92. The lowest BCUT2D eigenvalue weighted by Gasteiger charge is -2.34. The van der Waals surface area contributed by atoms with Gasteiger partial charge in [-0.3, -0.25) is 4.79 Å². The van der Waals surface area contributed by atoms with Gasteiger partial charge in [0, 0.05) is 19.5 Å². The summed E-state index contributed by atoms with van der Waals surface area (Å²) in [6, 6.07) is 0.432. The molecule has 58 valence electrons. The van der Waals surface area contributed by atoms with E-state index in [1.807, 2.05) is 11.9 Å². The molecule has 10 heavy (non-hydrogen) atoms. The number of hydrogen-bond acceptors (Lipinski definition) is 1. The Bertz CT molecular complexity index is 144. The maximum atomic E-state index is 11.1. The monoisotopic (exact) mass is 141 g/mol. The molecule has 1 saturated heterocycles. The minimum atomic E-state index is 0.297. The highest BCUT2D eigenvalue weighted by molar-refractivity contribution is 5.77. The van der Waals surface area contributed by atoms with Gasteiger partial charge >= 0.3 is 0 Å². The molecule has 1 aliphatic rings. The molecule has 1 amide bonds. The Morgan fingerprint density at radius 3 is 2.60 bits per heavy atom. The van der Waals surface area contributed by atoms with Crippen LogP contribution >= 0.6 is 0 Å². The zero-order valence-electron chi connectivity index (χ0n) is 6.92. The van der Waals surface area contributed by atoms with Crippen LogP contribution in [-0.4, -0.2) is 23.9 Å². The molecule has 0 bridgehead atoms. The minimum Gasteiger partial charge on any atom is -0.343 e. The summed E-state index contributed by atoms with van der Waals surface area (Å²) in [7, 11) is 1.89. The third-order valence-electron chi connectivity index (χ3n) is 2.64. The SMILES string of the molecule is CC1[C@@H](C)CCC(=O)N1C. The number of carbonyl (C=O) groups is 1. The minimum absolute atomic E-state index is 0.297. The summed E-state index contributed by atoms with van der Waals surface area (Å²) in [5, 5.41) is 0. The van der Waals surface area contributed by atoms with Crippen molar-refractivity contribution in [2.45, 2.75) is 32.7 Å². The topological polar surface area (TPSA) is 20.3 Å². The number of hydrogen-bond donors (Lipinski definition) is 0. The van der Waals surface area contributed by atoms with Crippen LogP contribution in [0.25, 0.3) is 0 Å². The molecule has 2 atom stereocenters. The van der Waals surface area contributed by atoms with Crippen LogP contribution in [0.15, 0.2) is 0 Å². The molecular formula is C8H15NO. The van der Waals surface area contributed by atoms with E-state index < -0.39 is 0 Å². The highest BCUT2D eigenvalue weighted by Crippen LogP contribution is 2.21. The van der Waals surface area contributed by atoms with E-state index in [-0.39, 0.29) is 0 Å². The fraction of sp³-hybridized carbons (Fsp3) is 0.875. The van der Waals surface area contributed by atoms with Crippen molar-refractivity contribution in [1.82, 2.24) is 4.90 Å². The van der Waals surface area contributed by atoms with E-state index in [0.29, 0.717) is 17.9 Å². The lowest BCUT2D eigenvalue weighted by atomic mass is 9.92. The summed E-state index contributed by atoms with van der Waals surface area (Å²) >= 11 is 0. The van der Waals surface area contributed by atoms with Gasteiger partial charge in [-0.2, -0.15) is 0 Å². The van der Waals surface area contributed by atoms with Crippen molar-refractivity contribution in [3.63, 3.8) is 0 Å². The number of nitrogens with zero attached hydrogens (tertiary/aromatic N) is 1. The van der Waals surface area contributed by atoms with Gasteiger partial charge in [-0.1, -0.05) is 6.92 Å². The van der Waals surface area contributed by atoms with Gasteiger partial charge in [0.1, 0.15) is 0 Å². The summed E-state index contributed by atoms with van der Waals surface area (Å²) in [4.78, 5) is 12.9. The lowest BCUT2D eigenvalue weighted by Crippen LogP contribution is -2.43. The van der Waals surface area contributed by atoms with Gasteiger partial charge in [-0.15, -0.1) is 0 Å². The molecule has 1 rings (SSSR count). The van der Waals surface area contributed by atoms with Gasteiger partial charge in [0.25, 0.3) is 0 Å². The first-order valence-corrected chi connectivity index (χ1v) is 3.88. The first kappa shape index (κ1) is 7.58. The van der Waals surface area contributed by atoms with Gasteiger partial charge in [-0.25, -0.2) is 0 Å².